The van der Waals surface area contributed by atoms with Crippen molar-refractivity contribution in [1.82, 2.24) is 0 Å². The van der Waals surface area contributed by atoms with E-state index in [0.29, 0.717) is 0 Å². The largest absolute Gasteiger partial charge is 0.210 e. The molecule has 0 radical (unpaired) electrons. The van der Waals surface area contributed by atoms with Gasteiger partial charge in [0.2, 0.25) is 0 Å². The molecule has 0 aromatic heterocycles. The Hall–Kier alpha value is -3.20. The van der Waals surface area contributed by atoms with Gasteiger partial charge in [-0.15, -0.1) is 24.7 Å². The summed E-state index contributed by atoms with van der Waals surface area (Å²) in [5.74, 6) is -0.167. The third kappa shape index (κ3) is 22.6. The number of hydrogen-bond donors (Lipinski definition) is 0. The molecule has 0 N–H and O–H groups in total. The molecule has 0 spiro atoms. The van der Waals surface area contributed by atoms with Gasteiger partial charge in [0.05, 0.1) is 0 Å². The molecule has 3 heteroatoms. The van der Waals surface area contributed by atoms with Crippen LogP contribution in [0.15, 0.2) is 134 Å². The second-order valence-corrected chi connectivity index (χ2v) is 9.88. The van der Waals surface area contributed by atoms with E-state index in [1.807, 2.05) is 0 Å². The summed E-state index contributed by atoms with van der Waals surface area (Å²) in [4.78, 5) is 0. The number of benzene rings is 2. The Morgan fingerprint density at radius 1 is 0.611 bits per heavy atom. The topological polar surface area (TPSA) is 46.1 Å². The second kappa shape index (κ2) is 21.1. The van der Waals surface area contributed by atoms with E-state index in [2.05, 4.69) is 156 Å². The van der Waals surface area contributed by atoms with Crippen molar-refractivity contribution in [3.05, 3.63) is 156 Å². The van der Waals surface area contributed by atoms with Gasteiger partial charge in [0.1, 0.15) is 0 Å². The summed E-state index contributed by atoms with van der Waals surface area (Å²) >= 11 is 2.08. The first kappa shape index (κ1) is 32.8. The van der Waals surface area contributed by atoms with Gasteiger partial charge in [0, 0.05) is 0 Å². The molecule has 2 nitrogen and oxygen atoms in total. The third-order valence-electron chi connectivity index (χ3n) is 3.97. The zero-order valence-corrected chi connectivity index (χ0v) is 23.6. The maximum atomic E-state index is 9.33. The number of hydrogen-bond acceptors (Lipinski definition) is 2. The van der Waals surface area contributed by atoms with Crippen LogP contribution in [0.3, 0.4) is 0 Å². The molecule has 0 aliphatic carbocycles. The standard InChI is InChI=1S/2C12H11.2C3H6O.C3H6.Ti/c2*1-2-6-11(7-3-1)10-12-8-4-5-9-12;2*1-3(2)4;1-3-2;/h2*1-9H,10H2;2*4H,1H2,2H3;1-2H3;/q2*-1;;;;+2/p-2. The quantitative estimate of drug-likeness (QED) is 0.177. The van der Waals surface area contributed by atoms with Crippen LogP contribution >= 0.6 is 0 Å². The smallest absolute Gasteiger partial charge is 0.0561 e. The van der Waals surface area contributed by atoms with Gasteiger partial charge in [-0.05, 0) is 0 Å². The Labute approximate surface area is 229 Å². The molecular formula is C33H38O2Ti-2. The van der Waals surface area contributed by atoms with Gasteiger partial charge in [0.25, 0.3) is 0 Å². The van der Waals surface area contributed by atoms with E-state index in [1.165, 1.54) is 39.9 Å². The third-order valence-corrected chi connectivity index (χ3v) is 3.97. The Bertz CT molecular complexity index is 949. The van der Waals surface area contributed by atoms with Crippen molar-refractivity contribution in [3.63, 3.8) is 0 Å². The molecule has 0 saturated carbocycles. The Morgan fingerprint density at radius 3 is 1.11 bits per heavy atom. The maximum absolute atomic E-state index is 9.33. The molecule has 0 bridgehead atoms. The zero-order chi connectivity index (χ0) is 27.2. The fourth-order valence-electron chi connectivity index (χ4n) is 2.73. The molecule has 0 unspecified atom stereocenters. The summed E-state index contributed by atoms with van der Waals surface area (Å²) in [5, 5.41) is 18.7. The van der Waals surface area contributed by atoms with Crippen LogP contribution in [0.25, 0.3) is 0 Å². The van der Waals surface area contributed by atoms with E-state index in [1.54, 1.807) is 0 Å². The molecule has 188 valence electrons. The van der Waals surface area contributed by atoms with Crippen LogP contribution in [0, 0.1) is 0 Å². The zero-order valence-electron chi connectivity index (χ0n) is 22.0. The average molecular weight is 515 g/mol. The van der Waals surface area contributed by atoms with Crippen LogP contribution in [0.2, 0.25) is 0 Å². The normalized spacial score (nSPS) is 8.83. The minimum atomic E-state index is -0.0833. The summed E-state index contributed by atoms with van der Waals surface area (Å²) in [7, 11) is 0. The molecule has 0 fully saturated rings. The van der Waals surface area contributed by atoms with Crippen molar-refractivity contribution in [2.75, 3.05) is 0 Å². The summed E-state index contributed by atoms with van der Waals surface area (Å²) < 4.78 is 1.42. The maximum Gasteiger partial charge on any atom is -0.0561 e. The number of rotatable bonds is 4. The summed E-state index contributed by atoms with van der Waals surface area (Å²) in [6, 6.07) is 38.0. The molecule has 36 heavy (non-hydrogen) atoms. The van der Waals surface area contributed by atoms with E-state index in [0.717, 1.165) is 12.8 Å². The van der Waals surface area contributed by atoms with E-state index < -0.39 is 0 Å². The molecular weight excluding hydrogens is 476 g/mol. The molecule has 0 aliphatic rings. The van der Waals surface area contributed by atoms with E-state index >= 15 is 0 Å². The number of allylic oxidation sites excluding steroid dienone is 2. The fraction of sp³-hybridized carbons (Fsp3) is 0.182. The first-order valence-electron chi connectivity index (χ1n) is 11.8. The van der Waals surface area contributed by atoms with Crippen LogP contribution < -0.4 is 10.2 Å². The minimum absolute atomic E-state index is 0.0833. The van der Waals surface area contributed by atoms with Crippen LogP contribution in [-0.4, -0.2) is 3.81 Å². The fourth-order valence-corrected chi connectivity index (χ4v) is 2.73. The molecule has 0 saturated heterocycles. The molecule has 4 rings (SSSR count). The van der Waals surface area contributed by atoms with Gasteiger partial charge in [0.15, 0.2) is 0 Å². The molecule has 0 heterocycles. The average Bonchev–Trinajstić information content (AvgIpc) is 3.49. The van der Waals surface area contributed by atoms with Crippen molar-refractivity contribution < 1.29 is 30.2 Å². The van der Waals surface area contributed by atoms with Crippen LogP contribution in [0.1, 0.15) is 49.9 Å². The second-order valence-electron chi connectivity index (χ2n) is 8.32. The van der Waals surface area contributed by atoms with Crippen molar-refractivity contribution in [2.45, 2.75) is 40.5 Å². The van der Waals surface area contributed by atoms with Gasteiger partial charge in [-0.1, -0.05) is 98.5 Å². The van der Waals surface area contributed by atoms with Crippen molar-refractivity contribution in [3.8, 4) is 0 Å². The van der Waals surface area contributed by atoms with Crippen LogP contribution in [0.4, 0.5) is 0 Å². The van der Waals surface area contributed by atoms with Crippen molar-refractivity contribution in [2.24, 2.45) is 0 Å². The Kier molecular flexibility index (Phi) is 19.2. The molecule has 4 aromatic rings. The summed E-state index contributed by atoms with van der Waals surface area (Å²) in [5.41, 5.74) is 5.54. The van der Waals surface area contributed by atoms with Crippen molar-refractivity contribution in [1.29, 1.82) is 0 Å². The van der Waals surface area contributed by atoms with Gasteiger partial charge >= 0.3 is 37.6 Å². The molecule has 0 aliphatic heterocycles. The van der Waals surface area contributed by atoms with Gasteiger partial charge < -0.3 is 10.2 Å². The first-order chi connectivity index (χ1) is 17.1. The summed E-state index contributed by atoms with van der Waals surface area (Å²) in [6.45, 7) is 13.0. The van der Waals surface area contributed by atoms with Gasteiger partial charge in [-0.3, -0.25) is 0 Å². The van der Waals surface area contributed by atoms with Gasteiger partial charge in [-0.25, -0.2) is 12.1 Å². The predicted octanol–water partition coefficient (Wildman–Crippen LogP) is 6.50. The minimum Gasteiger partial charge on any atom is -0.210 e. The molecule has 0 amide bonds. The molecule has 4 aromatic carbocycles. The Morgan fingerprint density at radius 2 is 0.889 bits per heavy atom. The SMILES string of the molecule is C=C(C)[O-].C=C(C)[O-].C[C](C)=[Ti+2].c1ccc(Cc2cc[cH-]c2)cc1.c1ccc(Cc2cc[cH-]c2)cc1. The van der Waals surface area contributed by atoms with Crippen LogP contribution in [0.5, 0.6) is 0 Å². The predicted molar refractivity (Wildman–Crippen MR) is 149 cm³/mol. The van der Waals surface area contributed by atoms with Gasteiger partial charge in [-0.2, -0.15) is 47.5 Å². The van der Waals surface area contributed by atoms with Crippen molar-refractivity contribution >= 4 is 3.81 Å². The monoisotopic (exact) mass is 514 g/mol. The van der Waals surface area contributed by atoms with E-state index in [9.17, 15) is 10.2 Å². The van der Waals surface area contributed by atoms with Crippen LogP contribution in [-0.2, 0) is 32.8 Å². The first-order valence-corrected chi connectivity index (χ1v) is 12.5. The Balaban J connectivity index is 0.000000478. The van der Waals surface area contributed by atoms with E-state index in [-0.39, 0.29) is 11.5 Å². The summed E-state index contributed by atoms with van der Waals surface area (Å²) in [6.07, 6.45) is 2.10. The van der Waals surface area contributed by atoms with E-state index in [4.69, 9.17) is 0 Å². The molecule has 0 atom stereocenters.